The first-order chi connectivity index (χ1) is 7.42. The van der Waals surface area contributed by atoms with E-state index in [0.29, 0.717) is 5.69 Å². The van der Waals surface area contributed by atoms with Gasteiger partial charge in [0.15, 0.2) is 0 Å². The summed E-state index contributed by atoms with van der Waals surface area (Å²) in [6.07, 6.45) is 2.20. The average Bonchev–Trinajstić information content (AvgIpc) is 2.27. The van der Waals surface area contributed by atoms with Gasteiger partial charge in [-0.2, -0.15) is 0 Å². The fourth-order valence-corrected chi connectivity index (χ4v) is 1.37. The van der Waals surface area contributed by atoms with Crippen molar-refractivity contribution in [3.8, 4) is 0 Å². The summed E-state index contributed by atoms with van der Waals surface area (Å²) in [6.45, 7) is 5.84. The maximum Gasteiger partial charge on any atom is 0.252 e. The quantitative estimate of drug-likeness (QED) is 0.855. The highest BCUT2D eigenvalue weighted by atomic mass is 19.1. The van der Waals surface area contributed by atoms with Crippen molar-refractivity contribution in [2.75, 3.05) is 7.05 Å². The summed E-state index contributed by atoms with van der Waals surface area (Å²) < 4.78 is 13.8. The molecule has 88 valence electrons. The Bertz CT molecular complexity index is 402. The van der Waals surface area contributed by atoms with Crippen LogP contribution in [0.2, 0.25) is 0 Å². The van der Waals surface area contributed by atoms with Gasteiger partial charge in [0.05, 0.1) is 11.3 Å². The van der Waals surface area contributed by atoms with Crippen LogP contribution in [0.1, 0.15) is 43.2 Å². The normalized spacial score (nSPS) is 11.3. The lowest BCUT2D eigenvalue weighted by atomic mass is 9.85. The van der Waals surface area contributed by atoms with Crippen LogP contribution >= 0.6 is 0 Å². The molecule has 0 atom stereocenters. The smallest absolute Gasteiger partial charge is 0.252 e. The van der Waals surface area contributed by atoms with Crippen molar-refractivity contribution in [1.29, 1.82) is 0 Å². The highest BCUT2D eigenvalue weighted by molar-refractivity contribution is 5.93. The molecule has 0 radical (unpaired) electrons. The maximum atomic E-state index is 13.8. The van der Waals surface area contributed by atoms with Crippen molar-refractivity contribution in [1.82, 2.24) is 10.3 Å². The summed E-state index contributed by atoms with van der Waals surface area (Å²) in [5, 5.41) is 2.44. The second kappa shape index (κ2) is 4.60. The minimum absolute atomic E-state index is 0.246. The summed E-state index contributed by atoms with van der Waals surface area (Å²) in [4.78, 5) is 15.3. The van der Waals surface area contributed by atoms with Crippen molar-refractivity contribution < 1.29 is 9.18 Å². The monoisotopic (exact) mass is 224 g/mol. The van der Waals surface area contributed by atoms with E-state index >= 15 is 0 Å². The average molecular weight is 224 g/mol. The molecule has 1 aromatic heterocycles. The number of nitrogens with zero attached hydrogens (tertiary/aromatic N) is 1. The van der Waals surface area contributed by atoms with Crippen molar-refractivity contribution in [3.05, 3.63) is 29.3 Å². The Labute approximate surface area is 95.1 Å². The number of amides is 1. The Morgan fingerprint density at radius 1 is 1.56 bits per heavy atom. The molecule has 3 nitrogen and oxygen atoms in total. The van der Waals surface area contributed by atoms with Crippen LogP contribution in [0.5, 0.6) is 0 Å². The zero-order valence-corrected chi connectivity index (χ0v) is 10.1. The van der Waals surface area contributed by atoms with Gasteiger partial charge in [-0.15, -0.1) is 0 Å². The SMILES string of the molecule is CCC(C)(C)c1ncc(C(=O)NC)cc1F. The maximum absolute atomic E-state index is 13.8. The van der Waals surface area contributed by atoms with Gasteiger partial charge in [0.2, 0.25) is 0 Å². The van der Waals surface area contributed by atoms with E-state index in [4.69, 9.17) is 0 Å². The number of pyridine rings is 1. The Morgan fingerprint density at radius 2 is 2.19 bits per heavy atom. The molecule has 0 bridgehead atoms. The Morgan fingerprint density at radius 3 is 2.62 bits per heavy atom. The zero-order chi connectivity index (χ0) is 12.3. The van der Waals surface area contributed by atoms with Crippen LogP contribution in [0, 0.1) is 5.82 Å². The third-order valence-corrected chi connectivity index (χ3v) is 2.86. The Kier molecular flexibility index (Phi) is 3.62. The first-order valence-electron chi connectivity index (χ1n) is 5.30. The molecule has 0 aromatic carbocycles. The van der Waals surface area contributed by atoms with Crippen molar-refractivity contribution in [2.24, 2.45) is 0 Å². The van der Waals surface area contributed by atoms with E-state index in [1.807, 2.05) is 20.8 Å². The molecule has 0 spiro atoms. The van der Waals surface area contributed by atoms with Gasteiger partial charge in [0.25, 0.3) is 5.91 Å². The molecule has 0 fully saturated rings. The predicted octanol–water partition coefficient (Wildman–Crippen LogP) is 2.27. The number of hydrogen-bond acceptors (Lipinski definition) is 2. The van der Waals surface area contributed by atoms with Crippen LogP contribution in [0.15, 0.2) is 12.3 Å². The highest BCUT2D eigenvalue weighted by Crippen LogP contribution is 2.27. The van der Waals surface area contributed by atoms with Crippen LogP contribution in [-0.2, 0) is 5.41 Å². The van der Waals surface area contributed by atoms with Gasteiger partial charge in [-0.05, 0) is 12.5 Å². The second-order valence-electron chi connectivity index (χ2n) is 4.37. The second-order valence-corrected chi connectivity index (χ2v) is 4.37. The standard InChI is InChI=1S/C12H17FN2O/c1-5-12(2,3)10-9(13)6-8(7-15-10)11(16)14-4/h6-7H,5H2,1-4H3,(H,14,16). The molecule has 1 heterocycles. The van der Waals surface area contributed by atoms with Crippen molar-refractivity contribution >= 4 is 5.91 Å². The van der Waals surface area contributed by atoms with Crippen LogP contribution in [-0.4, -0.2) is 17.9 Å². The van der Waals surface area contributed by atoms with Crippen LogP contribution in [0.4, 0.5) is 4.39 Å². The zero-order valence-electron chi connectivity index (χ0n) is 10.1. The molecule has 1 aromatic rings. The molecule has 0 aliphatic heterocycles. The molecule has 1 amide bonds. The number of halogens is 1. The third kappa shape index (κ3) is 2.38. The molecular weight excluding hydrogens is 207 g/mol. The van der Waals surface area contributed by atoms with Gasteiger partial charge >= 0.3 is 0 Å². The first kappa shape index (κ1) is 12.6. The number of nitrogens with one attached hydrogen (secondary N) is 1. The lowest BCUT2D eigenvalue weighted by Gasteiger charge is -2.22. The van der Waals surface area contributed by atoms with Crippen LogP contribution < -0.4 is 5.32 Å². The molecule has 0 unspecified atom stereocenters. The number of hydrogen-bond donors (Lipinski definition) is 1. The van der Waals surface area contributed by atoms with Gasteiger partial charge in [0.1, 0.15) is 5.82 Å². The lowest BCUT2D eigenvalue weighted by Crippen LogP contribution is -2.22. The van der Waals surface area contributed by atoms with Crippen molar-refractivity contribution in [3.63, 3.8) is 0 Å². The van der Waals surface area contributed by atoms with E-state index in [1.165, 1.54) is 19.3 Å². The third-order valence-electron chi connectivity index (χ3n) is 2.86. The van der Waals surface area contributed by atoms with E-state index < -0.39 is 5.82 Å². The summed E-state index contributed by atoms with van der Waals surface area (Å²) in [5.41, 5.74) is 0.337. The molecule has 0 saturated carbocycles. The molecule has 0 saturated heterocycles. The van der Waals surface area contributed by atoms with Gasteiger partial charge in [-0.1, -0.05) is 20.8 Å². The van der Waals surface area contributed by atoms with Gasteiger partial charge < -0.3 is 5.32 Å². The van der Waals surface area contributed by atoms with Gasteiger partial charge in [0, 0.05) is 18.7 Å². The fraction of sp³-hybridized carbons (Fsp3) is 0.500. The summed E-state index contributed by atoms with van der Waals surface area (Å²) in [5.74, 6) is -0.750. The van der Waals surface area contributed by atoms with Crippen LogP contribution in [0.3, 0.4) is 0 Å². The molecule has 16 heavy (non-hydrogen) atoms. The predicted molar refractivity (Wildman–Crippen MR) is 60.9 cm³/mol. The van der Waals surface area contributed by atoms with E-state index in [1.54, 1.807) is 0 Å². The molecular formula is C12H17FN2O. The Hall–Kier alpha value is -1.45. The largest absolute Gasteiger partial charge is 0.355 e. The summed E-state index contributed by atoms with van der Waals surface area (Å²) >= 11 is 0. The van der Waals surface area contributed by atoms with E-state index in [9.17, 15) is 9.18 Å². The Balaban J connectivity index is 3.15. The van der Waals surface area contributed by atoms with E-state index in [-0.39, 0.29) is 16.9 Å². The minimum Gasteiger partial charge on any atom is -0.355 e. The number of carbonyl (C=O) groups is 1. The van der Waals surface area contributed by atoms with Crippen LogP contribution in [0.25, 0.3) is 0 Å². The molecule has 0 aliphatic rings. The lowest BCUT2D eigenvalue weighted by molar-refractivity contribution is 0.0962. The number of aromatic nitrogens is 1. The number of rotatable bonds is 3. The van der Waals surface area contributed by atoms with E-state index in [2.05, 4.69) is 10.3 Å². The van der Waals surface area contributed by atoms with E-state index in [0.717, 1.165) is 6.42 Å². The van der Waals surface area contributed by atoms with Gasteiger partial charge in [-0.25, -0.2) is 4.39 Å². The fourth-order valence-electron chi connectivity index (χ4n) is 1.37. The number of carbonyl (C=O) groups excluding carboxylic acids is 1. The van der Waals surface area contributed by atoms with Gasteiger partial charge in [-0.3, -0.25) is 9.78 Å². The molecule has 4 heteroatoms. The molecule has 1 rings (SSSR count). The summed E-state index contributed by atoms with van der Waals surface area (Å²) in [7, 11) is 1.50. The first-order valence-corrected chi connectivity index (χ1v) is 5.30. The topological polar surface area (TPSA) is 42.0 Å². The van der Waals surface area contributed by atoms with Crippen molar-refractivity contribution in [2.45, 2.75) is 32.6 Å². The molecule has 1 N–H and O–H groups in total. The highest BCUT2D eigenvalue weighted by Gasteiger charge is 2.24. The minimum atomic E-state index is -0.423. The summed E-state index contributed by atoms with van der Waals surface area (Å²) in [6, 6.07) is 1.23. The molecule has 0 aliphatic carbocycles.